The minimum atomic E-state index is -5.12. The molecule has 14 heteroatoms. The van der Waals surface area contributed by atoms with Crippen LogP contribution in [0.15, 0.2) is 287 Å². The Morgan fingerprint density at radius 3 is 0.714 bits per heavy atom. The van der Waals surface area contributed by atoms with E-state index in [-0.39, 0.29) is 67.9 Å². The zero-order valence-corrected chi connectivity index (χ0v) is 70.9. The van der Waals surface area contributed by atoms with Gasteiger partial charge in [0.15, 0.2) is 20.4 Å². The fourth-order valence-corrected chi connectivity index (χ4v) is 19.0. The molecule has 0 saturated heterocycles. The van der Waals surface area contributed by atoms with E-state index in [1.807, 2.05) is 214 Å². The van der Waals surface area contributed by atoms with Crippen molar-refractivity contribution in [3.05, 3.63) is 371 Å². The molecule has 3 aliphatic carbocycles. The smallest absolute Gasteiger partial charge is 0.466 e. The molecule has 3 heterocycles. The third-order valence-electron chi connectivity index (χ3n) is 25.4. The summed E-state index contributed by atoms with van der Waals surface area (Å²) in [5, 5.41) is 0. The van der Waals surface area contributed by atoms with Gasteiger partial charge in [-0.15, -0.1) is 0 Å². The molecule has 119 heavy (non-hydrogen) atoms. The fraction of sp³-hybridized carbons (Fsp3) is 0.343. The monoisotopic (exact) mass is 1610 g/mol. The van der Waals surface area contributed by atoms with Crippen LogP contribution in [0.1, 0.15) is 186 Å². The lowest BCUT2D eigenvalue weighted by Crippen LogP contribution is -2.31. The van der Waals surface area contributed by atoms with Gasteiger partial charge >= 0.3 is 7.82 Å². The van der Waals surface area contributed by atoms with Crippen LogP contribution >= 0.6 is 7.82 Å². The van der Waals surface area contributed by atoms with E-state index in [0.717, 1.165) is 144 Å². The molecule has 3 aromatic heterocycles. The van der Waals surface area contributed by atoms with Crippen LogP contribution in [-0.4, -0.2) is 34.1 Å². The second kappa shape index (κ2) is 38.2. The summed E-state index contributed by atoms with van der Waals surface area (Å²) in [4.78, 5) is 48.8. The van der Waals surface area contributed by atoms with Crippen LogP contribution in [0, 0.1) is 34.0 Å². The van der Waals surface area contributed by atoms with Crippen LogP contribution in [0.25, 0.3) is 33.4 Å². The number of benzene rings is 9. The van der Waals surface area contributed by atoms with Crippen molar-refractivity contribution in [3.63, 3.8) is 0 Å². The molecule has 614 valence electrons. The summed E-state index contributed by atoms with van der Waals surface area (Å²) in [5.74, 6) is 1.64. The van der Waals surface area contributed by atoms with Gasteiger partial charge in [-0.2, -0.15) is 0 Å². The molecule has 0 bridgehead atoms. The van der Waals surface area contributed by atoms with Gasteiger partial charge in [-0.3, -0.25) is 14.4 Å². The number of rotatable bonds is 33. The number of pyridine rings is 3. The van der Waals surface area contributed by atoms with Crippen LogP contribution in [0.4, 0.5) is 0 Å². The van der Waals surface area contributed by atoms with E-state index >= 15 is 18.9 Å². The summed E-state index contributed by atoms with van der Waals surface area (Å²) in [6, 6.07) is 90.0. The molecular weight excluding hydrogens is 1490 g/mol. The molecule has 0 radical (unpaired) electrons. The lowest BCUT2D eigenvalue weighted by atomic mass is 9.71. The average Bonchev–Trinajstić information content (AvgIpc) is 0.761. The Labute approximate surface area is 702 Å². The molecule has 3 fully saturated rings. The molecule has 15 rings (SSSR count). The Morgan fingerprint density at radius 1 is 0.294 bits per heavy atom. The van der Waals surface area contributed by atoms with E-state index in [1.165, 1.54) is 0 Å². The molecule has 13 nitrogen and oxygen atoms in total. The quantitative estimate of drug-likeness (QED) is 0.0289. The molecular formula is C105H114N3O10P. The zero-order chi connectivity index (χ0) is 82.4. The van der Waals surface area contributed by atoms with Crippen molar-refractivity contribution in [2.45, 2.75) is 177 Å². The van der Waals surface area contributed by atoms with Gasteiger partial charge in [0.25, 0.3) is 16.7 Å². The first-order chi connectivity index (χ1) is 57.8. The molecule has 0 amide bonds. The molecule has 0 aliphatic heterocycles. The standard InChI is InChI=1S/C105H114N3O10P/c1-103(2)58-52-79(53-59-103)67-91-88(64-76-34-16-7-17-35-76)97(94(85-46-28-13-29-47-85)100(109)106(91)70-82-40-22-10-23-41-82)113-73-116-119(112,117-74-114-98-89(65-77-36-18-8-19-37-77)92(68-80-54-60-104(3,4)61-55-80)107(71-83-42-24-11-25-43-83)101(110)95(98)86-48-30-14-31-49-86)118-75-115-99-90(66-78-38-20-9-21-39-78)93(69-81-56-62-105(5,6)63-57-81)108(72-84-44-26-12-27-45-84)102(111)96(99)87-50-32-15-33-51-87/h7-51,79-81H,52-75H2,1-6H3. The van der Waals surface area contributed by atoms with Crippen molar-refractivity contribution in [3.8, 4) is 50.6 Å². The Balaban J connectivity index is 0.884. The normalized spacial score (nSPS) is 15.6. The van der Waals surface area contributed by atoms with Crippen LogP contribution in [0.3, 0.4) is 0 Å². The molecule has 3 aliphatic rings. The van der Waals surface area contributed by atoms with Crippen molar-refractivity contribution >= 4 is 7.82 Å². The van der Waals surface area contributed by atoms with Gasteiger partial charge in [0.1, 0.15) is 17.2 Å². The molecule has 0 N–H and O–H groups in total. The molecule has 0 atom stereocenters. The third-order valence-corrected chi connectivity index (χ3v) is 26.6. The largest absolute Gasteiger partial charge is 0.483 e. The fourth-order valence-electron chi connectivity index (χ4n) is 18.3. The van der Waals surface area contributed by atoms with Crippen molar-refractivity contribution in [1.82, 2.24) is 13.7 Å². The van der Waals surface area contributed by atoms with Crippen molar-refractivity contribution in [1.29, 1.82) is 0 Å². The lowest BCUT2D eigenvalue weighted by molar-refractivity contribution is -0.00481. The summed E-state index contributed by atoms with van der Waals surface area (Å²) in [7, 11) is -5.12. The molecule has 3 saturated carbocycles. The van der Waals surface area contributed by atoms with Crippen LogP contribution in [0.2, 0.25) is 0 Å². The highest BCUT2D eigenvalue weighted by Crippen LogP contribution is 2.52. The first kappa shape index (κ1) is 83.4. The van der Waals surface area contributed by atoms with Gasteiger partial charge in [-0.25, -0.2) is 18.1 Å². The predicted molar refractivity (Wildman–Crippen MR) is 478 cm³/mol. The number of aromatic nitrogens is 3. The van der Waals surface area contributed by atoms with Crippen LogP contribution in [0.5, 0.6) is 17.2 Å². The second-order valence-corrected chi connectivity index (χ2v) is 37.3. The minimum absolute atomic E-state index is 0.189. The van der Waals surface area contributed by atoms with E-state index in [0.29, 0.717) is 91.5 Å². The van der Waals surface area contributed by atoms with E-state index in [4.69, 9.17) is 27.8 Å². The summed E-state index contributed by atoms with van der Waals surface area (Å²) in [6.45, 7) is 12.7. The van der Waals surface area contributed by atoms with E-state index in [2.05, 4.69) is 114 Å². The van der Waals surface area contributed by atoms with Gasteiger partial charge in [0.05, 0.1) is 36.3 Å². The number of ether oxygens (including phenoxy) is 3. The molecule has 9 aromatic carbocycles. The van der Waals surface area contributed by atoms with Gasteiger partial charge in [0.2, 0.25) is 0 Å². The van der Waals surface area contributed by atoms with E-state index < -0.39 is 28.2 Å². The summed E-state index contributed by atoms with van der Waals surface area (Å²) in [6.07, 6.45) is 15.2. The maximum Gasteiger partial charge on any atom is 0.483 e. The SMILES string of the molecule is CC1(C)CCC(Cc2c(Cc3ccccc3)c(OCOP(=O)(OCOc3c(Cc4ccccc4)c(CC4CCC(C)(C)CC4)n(Cc4ccccc4)c(=O)c3-c3ccccc3)OCOc3c(Cc4ccccc4)c(CC4CCC(C)(C)CC4)n(Cc4ccccc4)c(=O)c3-c3ccccc3)c(-c3ccccc3)c(=O)n2Cc2ccccc2)CC1. The first-order valence-electron chi connectivity index (χ1n) is 43.0. The van der Waals surface area contributed by atoms with Crippen molar-refractivity contribution in [2.75, 3.05) is 20.4 Å². The van der Waals surface area contributed by atoms with Crippen LogP contribution < -0.4 is 30.9 Å². The van der Waals surface area contributed by atoms with Crippen LogP contribution in [-0.2, 0) is 76.3 Å². The Hall–Kier alpha value is -10.7. The van der Waals surface area contributed by atoms with Gasteiger partial charge in [-0.1, -0.05) is 315 Å². The Bertz CT molecular complexity index is 5020. The van der Waals surface area contributed by atoms with Gasteiger partial charge in [-0.05, 0) is 180 Å². The topological polar surface area (TPSA) is 138 Å². The highest BCUT2D eigenvalue weighted by molar-refractivity contribution is 7.48. The average molecular weight is 1610 g/mol. The maximum atomic E-state index is 17.0. The first-order valence-corrected chi connectivity index (χ1v) is 44.4. The minimum Gasteiger partial charge on any atom is -0.466 e. The number of phosphoric ester groups is 1. The molecule has 0 spiro atoms. The number of nitrogens with zero attached hydrogens (tertiary/aromatic N) is 3. The predicted octanol–water partition coefficient (Wildman–Crippen LogP) is 23.9. The summed E-state index contributed by atoms with van der Waals surface area (Å²) >= 11 is 0. The maximum absolute atomic E-state index is 17.0. The van der Waals surface area contributed by atoms with Crippen molar-refractivity contribution < 1.29 is 32.3 Å². The molecule has 0 unspecified atom stereocenters. The summed E-state index contributed by atoms with van der Waals surface area (Å²) < 4.78 is 64.8. The van der Waals surface area contributed by atoms with E-state index in [1.54, 1.807) is 0 Å². The Morgan fingerprint density at radius 2 is 0.496 bits per heavy atom. The lowest BCUT2D eigenvalue weighted by Gasteiger charge is -2.35. The third kappa shape index (κ3) is 21.0. The van der Waals surface area contributed by atoms with Gasteiger partial charge < -0.3 is 27.9 Å². The van der Waals surface area contributed by atoms with Gasteiger partial charge in [0, 0.05) is 53.0 Å². The number of hydrogen-bond acceptors (Lipinski definition) is 10. The highest BCUT2D eigenvalue weighted by Gasteiger charge is 2.38. The molecule has 12 aromatic rings. The zero-order valence-electron chi connectivity index (χ0n) is 70.1. The second-order valence-electron chi connectivity index (χ2n) is 35.7. The van der Waals surface area contributed by atoms with Crippen molar-refractivity contribution in [2.24, 2.45) is 34.0 Å². The Kier molecular flexibility index (Phi) is 26.7. The number of phosphoric acid groups is 1. The summed E-state index contributed by atoms with van der Waals surface area (Å²) in [5.41, 5.74) is 13.6. The number of hydrogen-bond donors (Lipinski definition) is 0. The highest BCUT2D eigenvalue weighted by atomic mass is 31.2. The van der Waals surface area contributed by atoms with E-state index in [9.17, 15) is 0 Å².